The molecule has 1 aromatic carbocycles. The van der Waals surface area contributed by atoms with E-state index < -0.39 is 52.0 Å². The molecule has 128 valence electrons. The number of nitrogens with zero attached hydrogens (tertiary/aromatic N) is 1. The monoisotopic (exact) mass is 349 g/mol. The fourth-order valence-corrected chi connectivity index (χ4v) is 1.36. The number of amides is 1. The molecule has 0 aliphatic carbocycles. The van der Waals surface area contributed by atoms with Gasteiger partial charge in [-0.05, 0) is 6.07 Å². The number of carbonyl (C=O) groups is 1. The van der Waals surface area contributed by atoms with E-state index >= 15 is 0 Å². The summed E-state index contributed by atoms with van der Waals surface area (Å²) in [5, 5.41) is 11.7. The van der Waals surface area contributed by atoms with Crippen molar-refractivity contribution in [1.29, 1.82) is 0 Å². The number of halogens is 7. The van der Waals surface area contributed by atoms with E-state index in [4.69, 9.17) is 5.73 Å². The Bertz CT molecular complexity index is 645. The summed E-state index contributed by atoms with van der Waals surface area (Å²) in [4.78, 5) is 20.3. The molecule has 1 aromatic rings. The van der Waals surface area contributed by atoms with E-state index in [0.29, 0.717) is 0 Å². The largest absolute Gasteiger partial charge is 0.416 e. The minimum Gasteiger partial charge on any atom is -0.391 e. The van der Waals surface area contributed by atoms with Crippen molar-refractivity contribution in [1.82, 2.24) is 0 Å². The van der Waals surface area contributed by atoms with E-state index in [0.717, 1.165) is 5.32 Å². The van der Waals surface area contributed by atoms with Gasteiger partial charge in [-0.1, -0.05) is 0 Å². The van der Waals surface area contributed by atoms with Gasteiger partial charge in [0, 0.05) is 6.07 Å². The number of carbonyl (C=O) groups excluding carboxylic acids is 1. The fourth-order valence-electron chi connectivity index (χ4n) is 1.36. The number of anilines is 2. The first-order chi connectivity index (χ1) is 10.3. The Balaban J connectivity index is 3.39. The summed E-state index contributed by atoms with van der Waals surface area (Å²) in [6.07, 6.45) is -9.58. The predicted octanol–water partition coefficient (Wildman–Crippen LogP) is 3.03. The number of alkyl halides is 7. The molecule has 0 unspecified atom stereocenters. The quantitative estimate of drug-likeness (QED) is 0.378. The summed E-state index contributed by atoms with van der Waals surface area (Å²) in [5.74, 6) is -7.89. The molecule has 13 heteroatoms. The number of nitro groups is 1. The van der Waals surface area contributed by atoms with Crippen molar-refractivity contribution >= 4 is 23.0 Å². The molecule has 0 heterocycles. The lowest BCUT2D eigenvalue weighted by molar-refractivity contribution is -0.384. The normalized spacial score (nSPS) is 12.3. The Labute approximate surface area is 122 Å². The lowest BCUT2D eigenvalue weighted by atomic mass is 10.1. The van der Waals surface area contributed by atoms with Crippen LogP contribution in [0.15, 0.2) is 12.1 Å². The van der Waals surface area contributed by atoms with Crippen LogP contribution in [0.3, 0.4) is 0 Å². The Hall–Kier alpha value is -2.60. The zero-order valence-corrected chi connectivity index (χ0v) is 10.6. The smallest absolute Gasteiger partial charge is 0.391 e. The number of benzene rings is 1. The Kier molecular flexibility index (Phi) is 4.72. The van der Waals surface area contributed by atoms with Crippen LogP contribution in [0.1, 0.15) is 5.56 Å². The highest BCUT2D eigenvalue weighted by molar-refractivity contribution is 6.00. The Morgan fingerprint density at radius 2 is 1.74 bits per heavy atom. The zero-order chi connectivity index (χ0) is 18.2. The first kappa shape index (κ1) is 18.4. The molecule has 1 rings (SSSR count). The average Bonchev–Trinajstić information content (AvgIpc) is 2.38. The average molecular weight is 349 g/mol. The van der Waals surface area contributed by atoms with Crippen LogP contribution in [0.2, 0.25) is 0 Å². The van der Waals surface area contributed by atoms with Crippen LogP contribution in [-0.4, -0.2) is 23.2 Å². The second-order valence-electron chi connectivity index (χ2n) is 4.09. The molecule has 0 aliphatic heterocycles. The maximum absolute atomic E-state index is 12.8. The number of nitrogen functional groups attached to an aromatic ring is 1. The molecule has 0 radical (unpaired) electrons. The van der Waals surface area contributed by atoms with Crippen molar-refractivity contribution in [3.63, 3.8) is 0 Å². The van der Waals surface area contributed by atoms with Gasteiger partial charge in [0.1, 0.15) is 5.69 Å². The first-order valence-corrected chi connectivity index (χ1v) is 5.41. The molecule has 0 bridgehead atoms. The van der Waals surface area contributed by atoms with E-state index in [1.165, 1.54) is 0 Å². The van der Waals surface area contributed by atoms with Crippen molar-refractivity contribution in [3.05, 3.63) is 27.8 Å². The summed E-state index contributed by atoms with van der Waals surface area (Å²) < 4.78 is 87.4. The minimum absolute atomic E-state index is 0.0102. The maximum atomic E-state index is 12.8. The van der Waals surface area contributed by atoms with Gasteiger partial charge in [0.05, 0.1) is 16.2 Å². The van der Waals surface area contributed by atoms with Crippen LogP contribution in [0.5, 0.6) is 0 Å². The second-order valence-corrected chi connectivity index (χ2v) is 4.09. The van der Waals surface area contributed by atoms with Gasteiger partial charge < -0.3 is 11.1 Å². The third-order valence-corrected chi connectivity index (χ3v) is 2.51. The molecule has 0 saturated carbocycles. The van der Waals surface area contributed by atoms with Gasteiger partial charge in [0.2, 0.25) is 0 Å². The number of nitrogens with two attached hydrogens (primary N) is 1. The van der Waals surface area contributed by atoms with Crippen LogP contribution < -0.4 is 11.1 Å². The number of hydrogen-bond acceptors (Lipinski definition) is 4. The number of nitrogens with one attached hydrogen (secondary N) is 1. The van der Waals surface area contributed by atoms with E-state index in [9.17, 15) is 45.6 Å². The van der Waals surface area contributed by atoms with Crippen LogP contribution in [0.4, 0.5) is 47.8 Å². The molecule has 0 spiro atoms. The van der Waals surface area contributed by atoms with Gasteiger partial charge in [-0.3, -0.25) is 14.9 Å². The van der Waals surface area contributed by atoms with Gasteiger partial charge >= 0.3 is 24.4 Å². The zero-order valence-electron chi connectivity index (χ0n) is 10.6. The third-order valence-electron chi connectivity index (χ3n) is 2.51. The van der Waals surface area contributed by atoms with Gasteiger partial charge in [0.25, 0.3) is 5.69 Å². The van der Waals surface area contributed by atoms with Crippen LogP contribution >= 0.6 is 0 Å². The first-order valence-electron chi connectivity index (χ1n) is 5.41. The van der Waals surface area contributed by atoms with Crippen molar-refractivity contribution in [2.45, 2.75) is 18.5 Å². The van der Waals surface area contributed by atoms with Gasteiger partial charge in [-0.15, -0.1) is 0 Å². The van der Waals surface area contributed by atoms with Crippen LogP contribution in [0, 0.1) is 10.1 Å². The summed E-state index contributed by atoms with van der Waals surface area (Å²) in [6.45, 7) is 0. The molecule has 3 N–H and O–H groups in total. The van der Waals surface area contributed by atoms with E-state index in [1.807, 2.05) is 0 Å². The molecule has 0 fully saturated rings. The number of rotatable bonds is 4. The minimum atomic E-state index is -5.23. The summed E-state index contributed by atoms with van der Waals surface area (Å²) in [5.41, 5.74) is -0.251. The Morgan fingerprint density at radius 3 is 2.13 bits per heavy atom. The topological polar surface area (TPSA) is 98.3 Å². The molecular formula is C10H6F7N3O3. The molecular weight excluding hydrogens is 343 g/mol. The third kappa shape index (κ3) is 3.78. The van der Waals surface area contributed by atoms with Crippen molar-refractivity contribution in [3.8, 4) is 0 Å². The fraction of sp³-hybridized carbons (Fsp3) is 0.300. The highest BCUT2D eigenvalue weighted by Gasteiger charge is 2.49. The van der Waals surface area contributed by atoms with Crippen molar-refractivity contribution in [2.75, 3.05) is 11.1 Å². The van der Waals surface area contributed by atoms with E-state index in [1.54, 1.807) is 0 Å². The molecule has 23 heavy (non-hydrogen) atoms. The molecule has 6 nitrogen and oxygen atoms in total. The predicted molar refractivity (Wildman–Crippen MR) is 62.1 cm³/mol. The summed E-state index contributed by atoms with van der Waals surface area (Å²) in [7, 11) is 0. The highest BCUT2D eigenvalue weighted by atomic mass is 19.4. The standard InChI is InChI=1S/C10H6F7N3O3/c11-7(12)9(13,14)8(21)19-4-1-3(10(15,16)17)2-5(6(4)18)20(22)23/h1-2,7H,18H2,(H,19,21). The van der Waals surface area contributed by atoms with Gasteiger partial charge in [-0.25, -0.2) is 8.78 Å². The van der Waals surface area contributed by atoms with Crippen molar-refractivity contribution < 1.29 is 40.5 Å². The number of nitro benzene ring substituents is 1. The highest BCUT2D eigenvalue weighted by Crippen LogP contribution is 2.39. The summed E-state index contributed by atoms with van der Waals surface area (Å²) in [6, 6.07) is 0.0258. The van der Waals surface area contributed by atoms with Gasteiger partial charge in [0.15, 0.2) is 0 Å². The molecule has 0 atom stereocenters. The van der Waals surface area contributed by atoms with Crippen molar-refractivity contribution in [2.24, 2.45) is 0 Å². The Morgan fingerprint density at radius 1 is 1.22 bits per heavy atom. The molecule has 0 saturated heterocycles. The molecule has 0 aliphatic rings. The van der Waals surface area contributed by atoms with Crippen LogP contribution in [0.25, 0.3) is 0 Å². The molecule has 1 amide bonds. The lowest BCUT2D eigenvalue weighted by Crippen LogP contribution is -2.41. The summed E-state index contributed by atoms with van der Waals surface area (Å²) >= 11 is 0. The lowest BCUT2D eigenvalue weighted by Gasteiger charge is -2.17. The second kappa shape index (κ2) is 5.89. The SMILES string of the molecule is Nc1c(NC(=O)C(F)(F)C(F)F)cc(C(F)(F)F)cc1[N+](=O)[O-]. The van der Waals surface area contributed by atoms with E-state index in [-0.39, 0.29) is 12.1 Å². The maximum Gasteiger partial charge on any atom is 0.416 e. The molecule has 0 aromatic heterocycles. The number of hydrogen-bond donors (Lipinski definition) is 2. The van der Waals surface area contributed by atoms with Crippen LogP contribution in [-0.2, 0) is 11.0 Å². The van der Waals surface area contributed by atoms with E-state index in [2.05, 4.69) is 0 Å². The van der Waals surface area contributed by atoms with Gasteiger partial charge in [-0.2, -0.15) is 22.0 Å².